The van der Waals surface area contributed by atoms with Crippen molar-refractivity contribution < 1.29 is 23.4 Å². The van der Waals surface area contributed by atoms with Crippen LogP contribution in [0.2, 0.25) is 0 Å². The number of nitrogens with zero attached hydrogens (tertiary/aromatic N) is 5. The summed E-state index contributed by atoms with van der Waals surface area (Å²) >= 11 is 0. The number of imidazole rings is 1. The summed E-state index contributed by atoms with van der Waals surface area (Å²) < 4.78 is 37.4. The zero-order valence-electron chi connectivity index (χ0n) is 25.6. The van der Waals surface area contributed by atoms with Gasteiger partial charge in [0, 0.05) is 24.5 Å². The Morgan fingerprint density at radius 3 is 2.50 bits per heavy atom. The van der Waals surface area contributed by atoms with Gasteiger partial charge in [0.15, 0.2) is 5.65 Å². The summed E-state index contributed by atoms with van der Waals surface area (Å²) in [6, 6.07) is 17.6. The van der Waals surface area contributed by atoms with Gasteiger partial charge in [-0.2, -0.15) is 0 Å². The summed E-state index contributed by atoms with van der Waals surface area (Å²) in [5, 5.41) is 12.0. The van der Waals surface area contributed by atoms with E-state index in [4.69, 9.17) is 9.84 Å². The molecule has 1 aliphatic rings. The summed E-state index contributed by atoms with van der Waals surface area (Å²) in [6.45, 7) is 0.0787. The molecule has 4 aromatic heterocycles. The maximum atomic E-state index is 14.4. The third kappa shape index (κ3) is 5.95. The molecule has 6 aromatic rings. The topological polar surface area (TPSA) is 133 Å². The van der Waals surface area contributed by atoms with Gasteiger partial charge in [-0.3, -0.25) is 14.2 Å². The van der Waals surface area contributed by atoms with E-state index in [2.05, 4.69) is 15.3 Å². The Hall–Kier alpha value is -5.69. The van der Waals surface area contributed by atoms with E-state index in [9.17, 15) is 23.2 Å². The fourth-order valence-electron chi connectivity index (χ4n) is 6.28. The van der Waals surface area contributed by atoms with E-state index >= 15 is 0 Å². The van der Waals surface area contributed by atoms with Crippen LogP contribution in [0.25, 0.3) is 33.5 Å². The lowest BCUT2D eigenvalue weighted by Crippen LogP contribution is -2.45. The maximum absolute atomic E-state index is 14.4. The van der Waals surface area contributed by atoms with Crippen LogP contribution in [0.15, 0.2) is 94.9 Å². The summed E-state index contributed by atoms with van der Waals surface area (Å²) in [7, 11) is 0. The Morgan fingerprint density at radius 1 is 0.938 bits per heavy atom. The second-order valence-electron chi connectivity index (χ2n) is 11.7. The Kier molecular flexibility index (Phi) is 8.27. The lowest BCUT2D eigenvalue weighted by atomic mass is 9.90. The minimum atomic E-state index is -0.699. The van der Waals surface area contributed by atoms with Crippen molar-refractivity contribution in [2.24, 2.45) is 0 Å². The highest BCUT2D eigenvalue weighted by Crippen LogP contribution is 2.29. The van der Waals surface area contributed by atoms with Gasteiger partial charge in [0.2, 0.25) is 0 Å². The number of aromatic nitrogens is 5. The molecule has 48 heavy (non-hydrogen) atoms. The van der Waals surface area contributed by atoms with Gasteiger partial charge >= 0.3 is 5.69 Å². The van der Waals surface area contributed by atoms with Crippen LogP contribution in [-0.2, 0) is 0 Å². The number of pyridine rings is 2. The van der Waals surface area contributed by atoms with Gasteiger partial charge in [-0.15, -0.1) is 0 Å². The number of benzene rings is 2. The van der Waals surface area contributed by atoms with Crippen LogP contribution in [0, 0.1) is 11.6 Å². The molecule has 1 aliphatic carbocycles. The van der Waals surface area contributed by atoms with Gasteiger partial charge < -0.3 is 19.6 Å². The highest BCUT2D eigenvalue weighted by molar-refractivity contribution is 5.93. The van der Waals surface area contributed by atoms with E-state index < -0.39 is 34.8 Å². The number of hydrogen-bond acceptors (Lipinski definition) is 7. The van der Waals surface area contributed by atoms with Crippen LogP contribution >= 0.6 is 0 Å². The molecule has 1 fully saturated rings. The number of carbonyl (C=O) groups is 1. The minimum Gasteiger partial charge on any atom is -0.491 e. The normalized spacial score (nSPS) is 16.3. The van der Waals surface area contributed by atoms with Gasteiger partial charge in [0.1, 0.15) is 35.3 Å². The first-order valence-electron chi connectivity index (χ1n) is 15.5. The fraction of sp³-hybridized carbons (Fsp3) is 0.229. The van der Waals surface area contributed by atoms with Crippen molar-refractivity contribution in [3.8, 4) is 22.6 Å². The predicted molar refractivity (Wildman–Crippen MR) is 173 cm³/mol. The molecule has 1 amide bonds. The number of halogens is 2. The molecule has 1 saturated carbocycles. The van der Waals surface area contributed by atoms with Gasteiger partial charge in [-0.05, 0) is 79.3 Å². The number of nitrogens with one attached hydrogen (secondary N) is 1. The minimum absolute atomic E-state index is 0.0240. The van der Waals surface area contributed by atoms with E-state index in [1.165, 1.54) is 38.1 Å². The highest BCUT2D eigenvalue weighted by Gasteiger charge is 2.28. The van der Waals surface area contributed by atoms with E-state index in [1.54, 1.807) is 30.3 Å². The van der Waals surface area contributed by atoms with Crippen molar-refractivity contribution in [1.29, 1.82) is 0 Å². The SMILES string of the molecule is O=C(N[C@H]1CC[C@@H](n2c(=O)c3cc(F)cnc3n(-c3cccc(-c4ccc(OCCO)cc4)c3)c2=O)CC1)c1cn2cc(F)ccc2n1. The van der Waals surface area contributed by atoms with Crippen LogP contribution in [0.3, 0.4) is 0 Å². The second-order valence-corrected chi connectivity index (χ2v) is 11.7. The number of hydrogen-bond donors (Lipinski definition) is 2. The quantitative estimate of drug-likeness (QED) is 0.249. The number of carbonyl (C=O) groups excluding carboxylic acids is 1. The molecule has 11 nitrogen and oxygen atoms in total. The smallest absolute Gasteiger partial charge is 0.337 e. The molecule has 0 atom stereocenters. The van der Waals surface area contributed by atoms with Crippen molar-refractivity contribution in [2.75, 3.05) is 13.2 Å². The fourth-order valence-corrected chi connectivity index (χ4v) is 6.28. The van der Waals surface area contributed by atoms with E-state index in [0.717, 1.165) is 23.4 Å². The first kappa shape index (κ1) is 30.9. The average molecular weight is 653 g/mol. The third-order valence-corrected chi connectivity index (χ3v) is 8.59. The first-order valence-corrected chi connectivity index (χ1v) is 15.5. The van der Waals surface area contributed by atoms with E-state index in [0.29, 0.717) is 42.8 Å². The molecule has 4 heterocycles. The Labute approximate surface area is 271 Å². The predicted octanol–water partition coefficient (Wildman–Crippen LogP) is 4.43. The number of aliphatic hydroxyl groups is 1. The monoisotopic (exact) mass is 652 g/mol. The third-order valence-electron chi connectivity index (χ3n) is 8.59. The van der Waals surface area contributed by atoms with Crippen LogP contribution in [-0.4, -0.2) is 53.8 Å². The van der Waals surface area contributed by atoms with E-state index in [1.807, 2.05) is 18.2 Å². The number of aliphatic hydroxyl groups excluding tert-OH is 1. The van der Waals surface area contributed by atoms with Gasteiger partial charge in [-0.25, -0.2) is 28.1 Å². The number of fused-ring (bicyclic) bond motifs is 2. The van der Waals surface area contributed by atoms with Crippen molar-refractivity contribution >= 4 is 22.6 Å². The molecule has 7 rings (SSSR count). The second kappa shape index (κ2) is 12.8. The van der Waals surface area contributed by atoms with Crippen molar-refractivity contribution in [3.63, 3.8) is 0 Å². The lowest BCUT2D eigenvalue weighted by molar-refractivity contribution is 0.0917. The molecule has 0 aliphatic heterocycles. The summed E-state index contributed by atoms with van der Waals surface area (Å²) in [6.07, 6.45) is 5.47. The zero-order chi connectivity index (χ0) is 33.4. The molecule has 2 aromatic carbocycles. The average Bonchev–Trinajstić information content (AvgIpc) is 3.52. The molecule has 0 radical (unpaired) electrons. The zero-order valence-corrected chi connectivity index (χ0v) is 25.6. The van der Waals surface area contributed by atoms with Crippen molar-refractivity contribution in [2.45, 2.75) is 37.8 Å². The van der Waals surface area contributed by atoms with Gasteiger partial charge in [0.25, 0.3) is 11.5 Å². The molecule has 0 saturated heterocycles. The standard InChI is InChI=1S/C35H30F2N6O5/c36-23-6-13-31-40-30(20-41(31)19-23)33(45)39-25-7-9-26(10-8-25)43-34(46)29-17-24(37)18-38-32(29)42(35(43)47)27-3-1-2-22(16-27)21-4-11-28(12-5-21)48-15-14-44/h1-6,11-13,16-20,25-26,44H,7-10,14-15H2,(H,39,45)/t25-,26+. The summed E-state index contributed by atoms with van der Waals surface area (Å²) in [5.41, 5.74) is 1.49. The molecule has 0 unspecified atom stereocenters. The van der Waals surface area contributed by atoms with Crippen molar-refractivity contribution in [3.05, 3.63) is 123 Å². The molecular weight excluding hydrogens is 622 g/mol. The van der Waals surface area contributed by atoms with E-state index in [-0.39, 0.29) is 36.0 Å². The van der Waals surface area contributed by atoms with Gasteiger partial charge in [0.05, 0.1) is 23.9 Å². The Morgan fingerprint density at radius 2 is 1.73 bits per heavy atom. The molecule has 2 N–H and O–H groups in total. The molecule has 0 spiro atoms. The Bertz CT molecular complexity index is 2270. The first-order chi connectivity index (χ1) is 23.3. The molecule has 13 heteroatoms. The van der Waals surface area contributed by atoms with Crippen LogP contribution < -0.4 is 21.3 Å². The van der Waals surface area contributed by atoms with Gasteiger partial charge in [-0.1, -0.05) is 24.3 Å². The highest BCUT2D eigenvalue weighted by atomic mass is 19.1. The summed E-state index contributed by atoms with van der Waals surface area (Å²) in [5.74, 6) is -0.947. The number of rotatable bonds is 8. The van der Waals surface area contributed by atoms with Crippen molar-refractivity contribution in [1.82, 2.24) is 28.8 Å². The Balaban J connectivity index is 1.17. The van der Waals surface area contributed by atoms with Crippen LogP contribution in [0.5, 0.6) is 5.75 Å². The largest absolute Gasteiger partial charge is 0.491 e. The summed E-state index contributed by atoms with van der Waals surface area (Å²) in [4.78, 5) is 49.3. The number of ether oxygens (including phenoxy) is 1. The van der Waals surface area contributed by atoms with Crippen LogP contribution in [0.4, 0.5) is 8.78 Å². The van der Waals surface area contributed by atoms with Crippen LogP contribution in [0.1, 0.15) is 42.2 Å². The maximum Gasteiger partial charge on any atom is 0.337 e. The lowest BCUT2D eigenvalue weighted by Gasteiger charge is -2.30. The molecule has 0 bridgehead atoms. The molecule has 244 valence electrons. The number of amides is 1. The molecular formula is C35H30F2N6O5.